The monoisotopic (exact) mass is 380 g/mol. The predicted molar refractivity (Wildman–Crippen MR) is 107 cm³/mol. The summed E-state index contributed by atoms with van der Waals surface area (Å²) < 4.78 is 28.3. The van der Waals surface area contributed by atoms with E-state index >= 15 is 0 Å². The molecule has 2 aliphatic rings. The number of H-pyrrole nitrogens is 1. The van der Waals surface area contributed by atoms with E-state index in [0.29, 0.717) is 18.0 Å². The lowest BCUT2D eigenvalue weighted by Gasteiger charge is -2.27. The van der Waals surface area contributed by atoms with Gasteiger partial charge in [-0.15, -0.1) is 0 Å². The Morgan fingerprint density at radius 2 is 1.78 bits per heavy atom. The number of aromatic amines is 1. The molecule has 1 aliphatic heterocycles. The molecule has 0 fully saturated rings. The summed E-state index contributed by atoms with van der Waals surface area (Å²) in [6, 6.07) is 12.1. The van der Waals surface area contributed by atoms with E-state index in [1.165, 1.54) is 28.8 Å². The second kappa shape index (κ2) is 6.21. The number of sulfonamides is 1. The van der Waals surface area contributed by atoms with Gasteiger partial charge < -0.3 is 4.98 Å². The number of aromatic nitrogens is 1. The Bertz CT molecular complexity index is 1140. The molecular formula is C22H24N2O2S. The second-order valence-corrected chi connectivity index (χ2v) is 9.80. The van der Waals surface area contributed by atoms with Gasteiger partial charge >= 0.3 is 0 Å². The molecule has 27 heavy (non-hydrogen) atoms. The number of rotatable bonds is 2. The molecule has 5 heteroatoms. The lowest BCUT2D eigenvalue weighted by Crippen LogP contribution is -2.35. The molecule has 140 valence electrons. The van der Waals surface area contributed by atoms with E-state index in [4.69, 9.17) is 0 Å². The number of aryl methyl sites for hydroxylation is 3. The fourth-order valence-corrected chi connectivity index (χ4v) is 5.99. The molecule has 0 amide bonds. The van der Waals surface area contributed by atoms with Crippen molar-refractivity contribution in [3.63, 3.8) is 0 Å². The molecule has 1 aromatic heterocycles. The van der Waals surface area contributed by atoms with Crippen molar-refractivity contribution in [3.8, 4) is 0 Å². The van der Waals surface area contributed by atoms with E-state index in [1.54, 1.807) is 10.4 Å². The Morgan fingerprint density at radius 3 is 2.63 bits per heavy atom. The van der Waals surface area contributed by atoms with E-state index in [-0.39, 0.29) is 0 Å². The summed E-state index contributed by atoms with van der Waals surface area (Å²) >= 11 is 0. The molecule has 0 saturated heterocycles. The zero-order valence-electron chi connectivity index (χ0n) is 15.6. The zero-order chi connectivity index (χ0) is 18.6. The Hall–Kier alpha value is -2.11. The molecule has 5 rings (SSSR count). The quantitative estimate of drug-likeness (QED) is 0.728. The summed E-state index contributed by atoms with van der Waals surface area (Å²) in [5.74, 6) is 0. The normalized spacial score (nSPS) is 17.7. The molecule has 2 aromatic carbocycles. The highest BCUT2D eigenvalue weighted by atomic mass is 32.2. The van der Waals surface area contributed by atoms with Gasteiger partial charge in [0.2, 0.25) is 10.0 Å². The van der Waals surface area contributed by atoms with E-state index in [0.717, 1.165) is 42.1 Å². The van der Waals surface area contributed by atoms with Crippen LogP contribution in [0.2, 0.25) is 0 Å². The summed E-state index contributed by atoms with van der Waals surface area (Å²) in [6.07, 6.45) is 5.14. The maximum absolute atomic E-state index is 13.3. The summed E-state index contributed by atoms with van der Waals surface area (Å²) in [5.41, 5.74) is 7.11. The molecule has 0 atom stereocenters. The highest BCUT2D eigenvalue weighted by molar-refractivity contribution is 7.89. The van der Waals surface area contributed by atoms with Gasteiger partial charge in [0.25, 0.3) is 0 Å². The van der Waals surface area contributed by atoms with Crippen LogP contribution in [0.3, 0.4) is 0 Å². The van der Waals surface area contributed by atoms with Crippen LogP contribution in [0.25, 0.3) is 10.9 Å². The molecule has 2 heterocycles. The maximum Gasteiger partial charge on any atom is 0.243 e. The third-order valence-corrected chi connectivity index (χ3v) is 7.89. The number of benzene rings is 2. The van der Waals surface area contributed by atoms with Gasteiger partial charge in [-0.05, 0) is 73.6 Å². The van der Waals surface area contributed by atoms with Crippen LogP contribution in [0.5, 0.6) is 0 Å². The first kappa shape index (κ1) is 17.0. The molecule has 0 bridgehead atoms. The lowest BCUT2D eigenvalue weighted by molar-refractivity contribution is 0.391. The van der Waals surface area contributed by atoms with E-state index < -0.39 is 10.0 Å². The van der Waals surface area contributed by atoms with Crippen molar-refractivity contribution in [2.75, 3.05) is 6.54 Å². The first-order valence-electron chi connectivity index (χ1n) is 9.74. The minimum Gasteiger partial charge on any atom is -0.358 e. The van der Waals surface area contributed by atoms with E-state index in [9.17, 15) is 8.42 Å². The lowest BCUT2D eigenvalue weighted by atomic mass is 9.92. The van der Waals surface area contributed by atoms with Crippen molar-refractivity contribution in [1.82, 2.24) is 9.29 Å². The minimum atomic E-state index is -3.48. The van der Waals surface area contributed by atoms with Crippen molar-refractivity contribution in [2.24, 2.45) is 0 Å². The fraction of sp³-hybridized carbons (Fsp3) is 0.364. The van der Waals surface area contributed by atoms with Crippen molar-refractivity contribution in [3.05, 3.63) is 64.3 Å². The van der Waals surface area contributed by atoms with Gasteiger partial charge in [0, 0.05) is 36.1 Å². The average Bonchev–Trinajstić information content (AvgIpc) is 3.04. The zero-order valence-corrected chi connectivity index (χ0v) is 16.4. The topological polar surface area (TPSA) is 53.2 Å². The molecule has 3 aromatic rings. The number of nitrogens with one attached hydrogen (secondary N) is 1. The van der Waals surface area contributed by atoms with Gasteiger partial charge in [0.05, 0.1) is 4.90 Å². The van der Waals surface area contributed by atoms with Gasteiger partial charge in [-0.2, -0.15) is 4.31 Å². The Labute approximate surface area is 160 Å². The number of fused-ring (bicyclic) bond motifs is 4. The third kappa shape index (κ3) is 2.80. The largest absolute Gasteiger partial charge is 0.358 e. The van der Waals surface area contributed by atoms with Crippen LogP contribution in [0.15, 0.2) is 41.3 Å². The van der Waals surface area contributed by atoms with Gasteiger partial charge in [0.1, 0.15) is 0 Å². The van der Waals surface area contributed by atoms with E-state index in [1.807, 2.05) is 12.1 Å². The highest BCUT2D eigenvalue weighted by Crippen LogP contribution is 2.32. The van der Waals surface area contributed by atoms with Crippen molar-refractivity contribution < 1.29 is 8.42 Å². The van der Waals surface area contributed by atoms with Crippen molar-refractivity contribution in [2.45, 2.75) is 50.5 Å². The maximum atomic E-state index is 13.3. The molecule has 0 spiro atoms. The highest BCUT2D eigenvalue weighted by Gasteiger charge is 2.30. The first-order chi connectivity index (χ1) is 13.0. The third-order valence-electron chi connectivity index (χ3n) is 6.05. The van der Waals surface area contributed by atoms with Crippen molar-refractivity contribution >= 4 is 20.9 Å². The number of hydrogen-bond donors (Lipinski definition) is 1. The van der Waals surface area contributed by atoms with Crippen LogP contribution in [0.4, 0.5) is 0 Å². The molecule has 1 N–H and O–H groups in total. The van der Waals surface area contributed by atoms with Gasteiger partial charge in [-0.1, -0.05) is 17.7 Å². The van der Waals surface area contributed by atoms with Gasteiger partial charge in [-0.3, -0.25) is 0 Å². The van der Waals surface area contributed by atoms with Crippen LogP contribution in [-0.4, -0.2) is 24.3 Å². The summed E-state index contributed by atoms with van der Waals surface area (Å²) in [6.45, 7) is 3.04. The summed E-state index contributed by atoms with van der Waals surface area (Å²) in [7, 11) is -3.48. The van der Waals surface area contributed by atoms with Crippen LogP contribution in [0, 0.1) is 6.92 Å². The molecule has 0 saturated carbocycles. The summed E-state index contributed by atoms with van der Waals surface area (Å²) in [4.78, 5) is 3.92. The Balaban J connectivity index is 1.52. The average molecular weight is 381 g/mol. The molecule has 0 radical (unpaired) electrons. The first-order valence-corrected chi connectivity index (χ1v) is 11.2. The fourth-order valence-electron chi connectivity index (χ4n) is 4.53. The number of hydrogen-bond acceptors (Lipinski definition) is 2. The van der Waals surface area contributed by atoms with Crippen LogP contribution >= 0.6 is 0 Å². The van der Waals surface area contributed by atoms with Gasteiger partial charge in [0.15, 0.2) is 0 Å². The molecule has 0 unspecified atom stereocenters. The molecule has 1 aliphatic carbocycles. The predicted octanol–water partition coefficient (Wildman–Crippen LogP) is 4.10. The SMILES string of the molecule is Cc1ccc2[nH]c3c(c2c1)CN(S(=O)(=O)c1ccc2c(c1)CCCC2)CC3. The van der Waals surface area contributed by atoms with E-state index in [2.05, 4.69) is 30.1 Å². The van der Waals surface area contributed by atoms with Crippen LogP contribution in [0.1, 0.15) is 40.8 Å². The van der Waals surface area contributed by atoms with Crippen LogP contribution < -0.4 is 0 Å². The molecular weight excluding hydrogens is 356 g/mol. The number of nitrogens with zero attached hydrogens (tertiary/aromatic N) is 1. The minimum absolute atomic E-state index is 0.443. The standard InChI is InChI=1S/C22H24N2O2S/c1-15-6-9-21-19(12-15)20-14-24(11-10-22(20)23-21)27(25,26)18-8-7-16-4-2-3-5-17(16)13-18/h6-9,12-13,23H,2-5,10-11,14H2,1H3. The second-order valence-electron chi connectivity index (χ2n) is 7.86. The Kier molecular flexibility index (Phi) is 3.92. The van der Waals surface area contributed by atoms with Crippen LogP contribution in [-0.2, 0) is 35.8 Å². The smallest absolute Gasteiger partial charge is 0.243 e. The summed E-state index contributed by atoms with van der Waals surface area (Å²) in [5, 5.41) is 1.15. The van der Waals surface area contributed by atoms with Crippen molar-refractivity contribution in [1.29, 1.82) is 0 Å². The van der Waals surface area contributed by atoms with Gasteiger partial charge in [-0.25, -0.2) is 8.42 Å². The molecule has 4 nitrogen and oxygen atoms in total. The Morgan fingerprint density at radius 1 is 0.963 bits per heavy atom.